The van der Waals surface area contributed by atoms with Crippen molar-refractivity contribution in [2.24, 2.45) is 0 Å². The molecular formula is C19H21N5O4. The topological polar surface area (TPSA) is 100 Å². The Bertz CT molecular complexity index is 992. The number of aryl methyl sites for hydroxylation is 2. The zero-order chi connectivity index (χ0) is 20.1. The fraction of sp³-hybridized carbons (Fsp3) is 0.263. The number of methoxy groups -OCH3 is 1. The van der Waals surface area contributed by atoms with E-state index in [2.05, 4.69) is 15.5 Å². The molecule has 1 aromatic carbocycles. The summed E-state index contributed by atoms with van der Waals surface area (Å²) in [4.78, 5) is 24.3. The second-order valence-electron chi connectivity index (χ2n) is 5.97. The first-order chi connectivity index (χ1) is 13.5. The van der Waals surface area contributed by atoms with Crippen molar-refractivity contribution in [1.29, 1.82) is 0 Å². The molecule has 28 heavy (non-hydrogen) atoms. The Morgan fingerprint density at radius 3 is 2.64 bits per heavy atom. The van der Waals surface area contributed by atoms with Crippen molar-refractivity contribution < 1.29 is 19.1 Å². The number of amides is 1. The van der Waals surface area contributed by atoms with Crippen molar-refractivity contribution in [2.75, 3.05) is 12.4 Å². The lowest BCUT2D eigenvalue weighted by Gasteiger charge is -2.08. The first-order valence-corrected chi connectivity index (χ1v) is 8.70. The predicted molar refractivity (Wildman–Crippen MR) is 101 cm³/mol. The summed E-state index contributed by atoms with van der Waals surface area (Å²) in [6.07, 6.45) is 3.21. The Morgan fingerprint density at radius 1 is 1.14 bits per heavy atom. The van der Waals surface area contributed by atoms with Gasteiger partial charge in [0.1, 0.15) is 5.75 Å². The van der Waals surface area contributed by atoms with E-state index in [1.165, 1.54) is 16.5 Å². The lowest BCUT2D eigenvalue weighted by Crippen LogP contribution is -2.16. The number of nitrogens with zero attached hydrogens (tertiary/aromatic N) is 4. The van der Waals surface area contributed by atoms with Crippen LogP contribution >= 0.6 is 0 Å². The van der Waals surface area contributed by atoms with Gasteiger partial charge in [-0.1, -0.05) is 18.2 Å². The molecule has 0 aliphatic carbocycles. The number of esters is 1. The smallest absolute Gasteiger partial charge is 0.360 e. The largest absolute Gasteiger partial charge is 0.471 e. The Kier molecular flexibility index (Phi) is 5.73. The van der Waals surface area contributed by atoms with Crippen molar-refractivity contribution in [3.05, 3.63) is 59.7 Å². The van der Waals surface area contributed by atoms with Gasteiger partial charge in [0.15, 0.2) is 18.1 Å². The number of hydrogen-bond donors (Lipinski definition) is 1. The average Bonchev–Trinajstić information content (AvgIpc) is 3.34. The lowest BCUT2D eigenvalue weighted by molar-refractivity contribution is 0.0594. The van der Waals surface area contributed by atoms with Gasteiger partial charge in [-0.15, -0.1) is 0 Å². The molecule has 146 valence electrons. The van der Waals surface area contributed by atoms with E-state index in [1.807, 2.05) is 38.1 Å². The minimum atomic E-state index is -0.625. The van der Waals surface area contributed by atoms with E-state index in [1.54, 1.807) is 18.5 Å². The highest BCUT2D eigenvalue weighted by Crippen LogP contribution is 2.17. The molecule has 2 aromatic heterocycles. The van der Waals surface area contributed by atoms with Crippen LogP contribution < -0.4 is 10.1 Å². The van der Waals surface area contributed by atoms with Gasteiger partial charge < -0.3 is 14.8 Å². The Labute approximate surface area is 161 Å². The van der Waals surface area contributed by atoms with Gasteiger partial charge in [0.25, 0.3) is 5.91 Å². The van der Waals surface area contributed by atoms with Crippen molar-refractivity contribution in [2.45, 2.75) is 27.1 Å². The number of carbonyl (C=O) groups excluding carboxylic acids is 2. The van der Waals surface area contributed by atoms with Crippen LogP contribution in [-0.2, 0) is 18.0 Å². The van der Waals surface area contributed by atoms with Gasteiger partial charge in [0.2, 0.25) is 0 Å². The van der Waals surface area contributed by atoms with Gasteiger partial charge in [-0.3, -0.25) is 9.48 Å². The lowest BCUT2D eigenvalue weighted by atomic mass is 10.2. The highest BCUT2D eigenvalue weighted by molar-refractivity contribution is 6.06. The molecule has 0 spiro atoms. The molecule has 9 nitrogen and oxygen atoms in total. The van der Waals surface area contributed by atoms with Crippen LogP contribution in [0.1, 0.15) is 33.5 Å². The fourth-order valence-corrected chi connectivity index (χ4v) is 2.52. The van der Waals surface area contributed by atoms with Crippen molar-refractivity contribution in [1.82, 2.24) is 19.6 Å². The summed E-state index contributed by atoms with van der Waals surface area (Å²) >= 11 is 0. The van der Waals surface area contributed by atoms with E-state index < -0.39 is 11.9 Å². The molecule has 0 aliphatic rings. The summed E-state index contributed by atoms with van der Waals surface area (Å²) in [6.45, 7) is 4.53. The Balaban J connectivity index is 1.68. The number of hydrogen-bond acceptors (Lipinski definition) is 6. The molecule has 0 atom stereocenters. The minimum absolute atomic E-state index is 0.0417. The van der Waals surface area contributed by atoms with E-state index >= 15 is 0 Å². The zero-order valence-electron chi connectivity index (χ0n) is 15.9. The minimum Gasteiger partial charge on any atom is -0.471 e. The molecule has 0 radical (unpaired) electrons. The summed E-state index contributed by atoms with van der Waals surface area (Å²) in [7, 11) is 1.26. The molecule has 0 saturated heterocycles. The standard InChI is InChI=1S/C19H21N5O4/c1-4-23-11-15(17(22-23)19(26)27-3)20-18(25)14-9-10-24(21-14)12-28-16-8-6-5-7-13(16)2/h5-11H,4,12H2,1-3H3,(H,20,25). The van der Waals surface area contributed by atoms with Gasteiger partial charge in [-0.25, -0.2) is 9.48 Å². The van der Waals surface area contributed by atoms with Crippen molar-refractivity contribution >= 4 is 17.6 Å². The second kappa shape index (κ2) is 8.38. The SMILES string of the molecule is CCn1cc(NC(=O)c2ccn(COc3ccccc3C)n2)c(C(=O)OC)n1. The number of aromatic nitrogens is 4. The van der Waals surface area contributed by atoms with Gasteiger partial charge >= 0.3 is 5.97 Å². The number of nitrogens with one attached hydrogen (secondary N) is 1. The van der Waals surface area contributed by atoms with Crippen LogP contribution in [0, 0.1) is 6.92 Å². The maximum Gasteiger partial charge on any atom is 0.360 e. The van der Waals surface area contributed by atoms with Crippen molar-refractivity contribution in [3.8, 4) is 5.75 Å². The molecule has 0 fully saturated rings. The highest BCUT2D eigenvalue weighted by atomic mass is 16.5. The van der Waals surface area contributed by atoms with Crippen LogP contribution in [0.2, 0.25) is 0 Å². The van der Waals surface area contributed by atoms with E-state index in [-0.39, 0.29) is 23.8 Å². The van der Waals surface area contributed by atoms with Crippen LogP contribution in [0.3, 0.4) is 0 Å². The van der Waals surface area contributed by atoms with Gasteiger partial charge in [-0.05, 0) is 31.5 Å². The molecule has 1 amide bonds. The maximum absolute atomic E-state index is 12.5. The summed E-state index contributed by atoms with van der Waals surface area (Å²) in [6, 6.07) is 9.21. The highest BCUT2D eigenvalue weighted by Gasteiger charge is 2.20. The van der Waals surface area contributed by atoms with Gasteiger partial charge in [0, 0.05) is 18.9 Å². The summed E-state index contributed by atoms with van der Waals surface area (Å²) in [5, 5.41) is 11.0. The summed E-state index contributed by atoms with van der Waals surface area (Å²) in [5.41, 5.74) is 1.51. The second-order valence-corrected chi connectivity index (χ2v) is 5.97. The van der Waals surface area contributed by atoms with Crippen molar-refractivity contribution in [3.63, 3.8) is 0 Å². The molecule has 1 N–H and O–H groups in total. The van der Waals surface area contributed by atoms with E-state index in [4.69, 9.17) is 9.47 Å². The first kappa shape index (κ1) is 19.2. The average molecular weight is 383 g/mol. The molecular weight excluding hydrogens is 362 g/mol. The number of para-hydroxylation sites is 1. The third-order valence-electron chi connectivity index (χ3n) is 4.03. The van der Waals surface area contributed by atoms with Gasteiger partial charge in [0.05, 0.1) is 12.8 Å². The van der Waals surface area contributed by atoms with Crippen LogP contribution in [-0.4, -0.2) is 38.5 Å². The van der Waals surface area contributed by atoms with Crippen LogP contribution in [0.5, 0.6) is 5.75 Å². The molecule has 3 rings (SSSR count). The molecule has 2 heterocycles. The number of rotatable bonds is 7. The fourth-order valence-electron chi connectivity index (χ4n) is 2.52. The normalized spacial score (nSPS) is 10.5. The van der Waals surface area contributed by atoms with Crippen LogP contribution in [0.15, 0.2) is 42.7 Å². The van der Waals surface area contributed by atoms with E-state index in [0.29, 0.717) is 6.54 Å². The quantitative estimate of drug-likeness (QED) is 0.629. The zero-order valence-corrected chi connectivity index (χ0v) is 15.9. The van der Waals surface area contributed by atoms with Crippen LogP contribution in [0.4, 0.5) is 5.69 Å². The third-order valence-corrected chi connectivity index (χ3v) is 4.03. The van der Waals surface area contributed by atoms with E-state index in [9.17, 15) is 9.59 Å². The molecule has 0 aliphatic heterocycles. The molecule has 0 unspecified atom stereocenters. The number of carbonyl (C=O) groups is 2. The molecule has 0 saturated carbocycles. The Hall–Kier alpha value is -3.62. The molecule has 3 aromatic rings. The summed E-state index contributed by atoms with van der Waals surface area (Å²) < 4.78 is 13.5. The molecule has 0 bridgehead atoms. The monoisotopic (exact) mass is 383 g/mol. The molecule has 9 heteroatoms. The summed E-state index contributed by atoms with van der Waals surface area (Å²) in [5.74, 6) is -0.339. The number of ether oxygens (including phenoxy) is 2. The van der Waals surface area contributed by atoms with Crippen LogP contribution in [0.25, 0.3) is 0 Å². The van der Waals surface area contributed by atoms with Gasteiger partial charge in [-0.2, -0.15) is 10.2 Å². The Morgan fingerprint density at radius 2 is 1.93 bits per heavy atom. The van der Waals surface area contributed by atoms with E-state index in [0.717, 1.165) is 11.3 Å². The third kappa shape index (κ3) is 4.20. The number of anilines is 1. The number of benzene rings is 1. The predicted octanol–water partition coefficient (Wildman–Crippen LogP) is 2.48. The maximum atomic E-state index is 12.5. The first-order valence-electron chi connectivity index (χ1n) is 8.70.